The zero-order valence-electron chi connectivity index (χ0n) is 19.0. The van der Waals surface area contributed by atoms with Gasteiger partial charge in [0.2, 0.25) is 5.91 Å². The van der Waals surface area contributed by atoms with Gasteiger partial charge in [0.15, 0.2) is 5.82 Å². The highest BCUT2D eigenvalue weighted by atomic mass is 16.2. The Morgan fingerprint density at radius 2 is 1.76 bits per heavy atom. The molecule has 1 amide bonds. The number of carbonyl (C=O) groups is 1. The Labute approximate surface area is 195 Å². The van der Waals surface area contributed by atoms with Crippen molar-refractivity contribution in [2.45, 2.75) is 52.2 Å². The van der Waals surface area contributed by atoms with Gasteiger partial charge in [-0.3, -0.25) is 18.7 Å². The van der Waals surface area contributed by atoms with Crippen LogP contribution in [0.5, 0.6) is 0 Å². The first-order valence-electron chi connectivity index (χ1n) is 11.6. The zero-order valence-corrected chi connectivity index (χ0v) is 19.0. The Bertz CT molecular complexity index is 1480. The maximum atomic E-state index is 12.9. The van der Waals surface area contributed by atoms with Crippen LogP contribution in [0.3, 0.4) is 0 Å². The number of para-hydroxylation sites is 1. The number of benzene rings is 2. The molecule has 1 aliphatic heterocycles. The summed E-state index contributed by atoms with van der Waals surface area (Å²) in [5.74, 6) is 1.52. The lowest BCUT2D eigenvalue weighted by Crippen LogP contribution is -2.41. The molecule has 1 aliphatic rings. The molecule has 174 valence electrons. The fraction of sp³-hybridized carbons (Fsp3) is 0.320. The molecule has 4 aromatic rings. The number of nitrogens with one attached hydrogen (secondary N) is 1. The van der Waals surface area contributed by atoms with Gasteiger partial charge in [0.25, 0.3) is 5.56 Å². The summed E-state index contributed by atoms with van der Waals surface area (Å²) < 4.78 is 4.67. The number of nitrogens with zero attached hydrogens (tertiary/aromatic N) is 5. The molecule has 0 saturated carbocycles. The van der Waals surface area contributed by atoms with Gasteiger partial charge < -0.3 is 9.88 Å². The lowest BCUT2D eigenvalue weighted by Gasteiger charge is -2.13. The number of carbonyl (C=O) groups excluding carboxylic acids is 1. The van der Waals surface area contributed by atoms with E-state index in [9.17, 15) is 14.4 Å². The van der Waals surface area contributed by atoms with E-state index in [4.69, 9.17) is 0 Å². The van der Waals surface area contributed by atoms with Crippen LogP contribution in [0.1, 0.15) is 32.0 Å². The van der Waals surface area contributed by atoms with Gasteiger partial charge >= 0.3 is 5.69 Å². The number of fused-ring (bicyclic) bond motifs is 2. The molecule has 0 spiro atoms. The number of amides is 1. The Balaban J connectivity index is 1.37. The number of hydrogen-bond acceptors (Lipinski definition) is 5. The molecule has 34 heavy (non-hydrogen) atoms. The van der Waals surface area contributed by atoms with E-state index in [0.717, 1.165) is 47.6 Å². The lowest BCUT2D eigenvalue weighted by molar-refractivity contribution is -0.116. The van der Waals surface area contributed by atoms with Crippen molar-refractivity contribution in [3.05, 3.63) is 75.2 Å². The number of rotatable bonds is 5. The van der Waals surface area contributed by atoms with Crippen LogP contribution in [0, 0.1) is 0 Å². The first-order valence-corrected chi connectivity index (χ1v) is 11.6. The molecule has 0 radical (unpaired) electrons. The van der Waals surface area contributed by atoms with E-state index in [2.05, 4.69) is 20.1 Å². The number of aromatic nitrogens is 5. The van der Waals surface area contributed by atoms with Gasteiger partial charge in [-0.15, -0.1) is 10.2 Å². The van der Waals surface area contributed by atoms with Crippen molar-refractivity contribution in [1.29, 1.82) is 0 Å². The van der Waals surface area contributed by atoms with Gasteiger partial charge in [0.1, 0.15) is 12.4 Å². The maximum absolute atomic E-state index is 12.9. The summed E-state index contributed by atoms with van der Waals surface area (Å²) in [5.41, 5.74) is 1.16. The summed E-state index contributed by atoms with van der Waals surface area (Å²) in [5, 5.41) is 12.0. The second-order valence-corrected chi connectivity index (χ2v) is 8.46. The van der Waals surface area contributed by atoms with Crippen LogP contribution in [0.25, 0.3) is 22.3 Å². The number of aryl methyl sites for hydroxylation is 1. The molecule has 2 aromatic carbocycles. The minimum Gasteiger partial charge on any atom is -0.325 e. The Kier molecular flexibility index (Phi) is 5.83. The minimum atomic E-state index is -0.496. The van der Waals surface area contributed by atoms with Crippen molar-refractivity contribution >= 4 is 22.5 Å². The van der Waals surface area contributed by atoms with Crippen LogP contribution in [0.2, 0.25) is 0 Å². The highest BCUT2D eigenvalue weighted by Gasteiger charge is 2.17. The third kappa shape index (κ3) is 3.93. The molecule has 9 nitrogen and oxygen atoms in total. The molecule has 0 aliphatic carbocycles. The van der Waals surface area contributed by atoms with E-state index in [0.29, 0.717) is 16.6 Å². The summed E-state index contributed by atoms with van der Waals surface area (Å²) in [7, 11) is 0. The van der Waals surface area contributed by atoms with Crippen LogP contribution in [-0.4, -0.2) is 29.8 Å². The average Bonchev–Trinajstić information content (AvgIpc) is 3.10. The van der Waals surface area contributed by atoms with Crippen LogP contribution >= 0.6 is 0 Å². The van der Waals surface area contributed by atoms with Crippen molar-refractivity contribution in [2.75, 3.05) is 5.32 Å². The fourth-order valence-corrected chi connectivity index (χ4v) is 4.55. The predicted octanol–water partition coefficient (Wildman–Crippen LogP) is 2.81. The van der Waals surface area contributed by atoms with Gasteiger partial charge in [-0.05, 0) is 56.2 Å². The first kappa shape index (κ1) is 21.8. The summed E-state index contributed by atoms with van der Waals surface area (Å²) in [6, 6.07) is 14.3. The Morgan fingerprint density at radius 1 is 0.971 bits per heavy atom. The van der Waals surface area contributed by atoms with Gasteiger partial charge in [-0.1, -0.05) is 18.6 Å². The summed E-state index contributed by atoms with van der Waals surface area (Å²) in [6.45, 7) is 2.69. The van der Waals surface area contributed by atoms with Crippen LogP contribution in [0.4, 0.5) is 5.69 Å². The van der Waals surface area contributed by atoms with Gasteiger partial charge in [-0.25, -0.2) is 4.79 Å². The SMILES string of the molecule is CCn1c(=O)c2ccccc2n(CC(=O)Nc2ccc(-c3nnc4n3CCCCC4)cc2)c1=O. The van der Waals surface area contributed by atoms with Gasteiger partial charge in [0, 0.05) is 30.8 Å². The normalized spacial score (nSPS) is 13.4. The van der Waals surface area contributed by atoms with Crippen LogP contribution in [-0.2, 0) is 30.8 Å². The molecule has 0 unspecified atom stereocenters. The van der Waals surface area contributed by atoms with Crippen molar-refractivity contribution in [2.24, 2.45) is 0 Å². The van der Waals surface area contributed by atoms with Crippen molar-refractivity contribution in [1.82, 2.24) is 23.9 Å². The lowest BCUT2D eigenvalue weighted by atomic mass is 10.2. The largest absolute Gasteiger partial charge is 0.331 e. The van der Waals surface area contributed by atoms with E-state index in [1.54, 1.807) is 31.2 Å². The second kappa shape index (κ2) is 9.09. The second-order valence-electron chi connectivity index (χ2n) is 8.46. The summed E-state index contributed by atoms with van der Waals surface area (Å²) in [6.07, 6.45) is 4.39. The standard InChI is InChI=1S/C25H26N6O3/c1-2-29-24(33)19-8-5-6-9-20(19)31(25(29)34)16-22(32)26-18-13-11-17(12-14-18)23-28-27-21-10-4-3-7-15-30(21)23/h5-6,8-9,11-14H,2-4,7,10,15-16H2,1H3,(H,26,32). The quantitative estimate of drug-likeness (QED) is 0.495. The number of anilines is 1. The molecule has 9 heteroatoms. The third-order valence-corrected chi connectivity index (χ3v) is 6.29. The Hall–Kier alpha value is -4.01. The Morgan fingerprint density at radius 3 is 2.56 bits per heavy atom. The van der Waals surface area contributed by atoms with E-state index < -0.39 is 5.69 Å². The molecule has 1 N–H and O–H groups in total. The van der Waals surface area contributed by atoms with Gasteiger partial charge in [-0.2, -0.15) is 0 Å². The van der Waals surface area contributed by atoms with Crippen molar-refractivity contribution < 1.29 is 4.79 Å². The molecule has 0 fully saturated rings. The molecular formula is C25H26N6O3. The number of hydrogen-bond donors (Lipinski definition) is 1. The molecular weight excluding hydrogens is 432 g/mol. The topological polar surface area (TPSA) is 104 Å². The van der Waals surface area contributed by atoms with E-state index >= 15 is 0 Å². The van der Waals surface area contributed by atoms with E-state index in [1.807, 2.05) is 24.3 Å². The third-order valence-electron chi connectivity index (χ3n) is 6.29. The van der Waals surface area contributed by atoms with Crippen molar-refractivity contribution in [3.8, 4) is 11.4 Å². The first-order chi connectivity index (χ1) is 16.6. The van der Waals surface area contributed by atoms with E-state index in [-0.39, 0.29) is 24.6 Å². The fourth-order valence-electron chi connectivity index (χ4n) is 4.55. The average molecular weight is 459 g/mol. The van der Waals surface area contributed by atoms with Gasteiger partial charge in [0.05, 0.1) is 10.9 Å². The van der Waals surface area contributed by atoms with Crippen LogP contribution in [0.15, 0.2) is 58.1 Å². The van der Waals surface area contributed by atoms with E-state index in [1.165, 1.54) is 11.0 Å². The molecule has 5 rings (SSSR count). The van der Waals surface area contributed by atoms with Crippen molar-refractivity contribution in [3.63, 3.8) is 0 Å². The molecule has 0 saturated heterocycles. The monoisotopic (exact) mass is 458 g/mol. The predicted molar refractivity (Wildman–Crippen MR) is 130 cm³/mol. The molecule has 0 bridgehead atoms. The maximum Gasteiger partial charge on any atom is 0.331 e. The molecule has 3 heterocycles. The molecule has 2 aromatic heterocycles. The summed E-state index contributed by atoms with van der Waals surface area (Å²) in [4.78, 5) is 38.3. The molecule has 0 atom stereocenters. The smallest absolute Gasteiger partial charge is 0.325 e. The zero-order chi connectivity index (χ0) is 23.7. The van der Waals surface area contributed by atoms with Crippen LogP contribution < -0.4 is 16.6 Å². The highest BCUT2D eigenvalue weighted by Crippen LogP contribution is 2.24. The highest BCUT2D eigenvalue weighted by molar-refractivity contribution is 5.91. The minimum absolute atomic E-state index is 0.195. The summed E-state index contributed by atoms with van der Waals surface area (Å²) >= 11 is 0.